The number of hydrogen-bond donors (Lipinski definition) is 2. The molecule has 0 aliphatic rings. The normalized spacial score (nSPS) is 12.2. The van der Waals surface area contributed by atoms with Gasteiger partial charge < -0.3 is 10.4 Å². The van der Waals surface area contributed by atoms with Gasteiger partial charge in [-0.1, -0.05) is 0 Å². The Kier molecular flexibility index (Phi) is 3.40. The van der Waals surface area contributed by atoms with E-state index in [2.05, 4.69) is 26.2 Å². The predicted molar refractivity (Wildman–Crippen MR) is 51.5 cm³/mol. The summed E-state index contributed by atoms with van der Waals surface area (Å²) in [5, 5.41) is 10.5. The molecule has 4 nitrogen and oxygen atoms in total. The van der Waals surface area contributed by atoms with Crippen LogP contribution in [0.5, 0.6) is 0 Å². The Bertz CT molecular complexity index is 359. The van der Waals surface area contributed by atoms with E-state index in [9.17, 15) is 9.18 Å². The van der Waals surface area contributed by atoms with Gasteiger partial charge in [0.05, 0.1) is 11.7 Å². The smallest absolute Gasteiger partial charge is 0.405 e. The van der Waals surface area contributed by atoms with Crippen molar-refractivity contribution in [3.05, 3.63) is 28.2 Å². The quantitative estimate of drug-likeness (QED) is 0.860. The van der Waals surface area contributed by atoms with Crippen molar-refractivity contribution in [1.29, 1.82) is 0 Å². The molecule has 2 N–H and O–H groups in total. The molecule has 1 aromatic heterocycles. The lowest BCUT2D eigenvalue weighted by Gasteiger charge is -2.11. The van der Waals surface area contributed by atoms with Crippen LogP contribution in [0.25, 0.3) is 0 Å². The lowest BCUT2D eigenvalue weighted by Crippen LogP contribution is -2.25. The van der Waals surface area contributed by atoms with Gasteiger partial charge in [0.1, 0.15) is 5.82 Å². The number of halogens is 2. The molecule has 0 aliphatic heterocycles. The fourth-order valence-corrected chi connectivity index (χ4v) is 1.30. The van der Waals surface area contributed by atoms with Crippen molar-refractivity contribution in [2.75, 3.05) is 0 Å². The van der Waals surface area contributed by atoms with Gasteiger partial charge in [0.15, 0.2) is 0 Å². The fourth-order valence-electron chi connectivity index (χ4n) is 0.997. The van der Waals surface area contributed by atoms with Crippen molar-refractivity contribution in [2.24, 2.45) is 0 Å². The van der Waals surface area contributed by atoms with E-state index in [1.54, 1.807) is 0 Å². The Morgan fingerprint density at radius 3 is 2.93 bits per heavy atom. The summed E-state index contributed by atoms with van der Waals surface area (Å²) in [6.45, 7) is 1.52. The molecule has 1 rings (SSSR count). The van der Waals surface area contributed by atoms with Crippen molar-refractivity contribution < 1.29 is 14.3 Å². The second-order valence-corrected chi connectivity index (χ2v) is 3.61. The van der Waals surface area contributed by atoms with Crippen LogP contribution in [-0.2, 0) is 0 Å². The zero-order valence-corrected chi connectivity index (χ0v) is 8.88. The summed E-state index contributed by atoms with van der Waals surface area (Å²) >= 11 is 3.06. The van der Waals surface area contributed by atoms with Gasteiger partial charge in [0.2, 0.25) is 0 Å². The molecule has 0 radical (unpaired) electrons. The number of amides is 1. The van der Waals surface area contributed by atoms with Crippen LogP contribution in [0, 0.1) is 5.82 Å². The number of rotatable bonds is 2. The van der Waals surface area contributed by atoms with Gasteiger partial charge in [0, 0.05) is 10.7 Å². The average Bonchev–Trinajstić information content (AvgIpc) is 2.01. The maximum atomic E-state index is 13.2. The van der Waals surface area contributed by atoms with E-state index in [1.807, 2.05) is 0 Å². The molecule has 1 atom stereocenters. The highest BCUT2D eigenvalue weighted by Crippen LogP contribution is 2.17. The topological polar surface area (TPSA) is 62.2 Å². The summed E-state index contributed by atoms with van der Waals surface area (Å²) in [4.78, 5) is 14.1. The first-order chi connectivity index (χ1) is 6.50. The number of pyridine rings is 1. The Hall–Kier alpha value is -1.17. The molecule has 76 valence electrons. The summed E-state index contributed by atoms with van der Waals surface area (Å²) in [6, 6.07) is 0.572. The van der Waals surface area contributed by atoms with E-state index < -0.39 is 18.0 Å². The van der Waals surface area contributed by atoms with Crippen LogP contribution in [0.2, 0.25) is 0 Å². The number of hydrogen-bond acceptors (Lipinski definition) is 2. The maximum Gasteiger partial charge on any atom is 0.405 e. The summed E-state index contributed by atoms with van der Waals surface area (Å²) < 4.78 is 13.7. The van der Waals surface area contributed by atoms with E-state index in [0.717, 1.165) is 0 Å². The largest absolute Gasteiger partial charge is 0.465 e. The molecule has 0 saturated carbocycles. The summed E-state index contributed by atoms with van der Waals surface area (Å²) in [5.74, 6) is -0.541. The molecule has 1 heterocycles. The Balaban J connectivity index is 2.90. The number of nitrogens with zero attached hydrogens (tertiary/aromatic N) is 1. The first-order valence-corrected chi connectivity index (χ1v) is 4.60. The van der Waals surface area contributed by atoms with Crippen LogP contribution in [0.3, 0.4) is 0 Å². The molecule has 0 aliphatic carbocycles. The second-order valence-electron chi connectivity index (χ2n) is 2.69. The van der Waals surface area contributed by atoms with Crippen LogP contribution >= 0.6 is 15.9 Å². The average molecular weight is 263 g/mol. The van der Waals surface area contributed by atoms with Crippen LogP contribution in [0.4, 0.5) is 9.18 Å². The molecular formula is C8H8BrFN2O2. The van der Waals surface area contributed by atoms with E-state index in [0.29, 0.717) is 4.47 Å². The molecule has 0 spiro atoms. The van der Waals surface area contributed by atoms with E-state index >= 15 is 0 Å². The highest BCUT2D eigenvalue weighted by atomic mass is 79.9. The Morgan fingerprint density at radius 2 is 2.43 bits per heavy atom. The Labute approximate surface area is 88.3 Å². The van der Waals surface area contributed by atoms with Crippen LogP contribution in [0.15, 0.2) is 16.7 Å². The first kappa shape index (κ1) is 10.9. The summed E-state index contributed by atoms with van der Waals surface area (Å²) in [7, 11) is 0. The summed E-state index contributed by atoms with van der Waals surface area (Å²) in [5.41, 5.74) is 0.0793. The minimum atomic E-state index is -1.21. The highest BCUT2D eigenvalue weighted by Gasteiger charge is 2.14. The third-order valence-electron chi connectivity index (χ3n) is 1.59. The van der Waals surface area contributed by atoms with Gasteiger partial charge in [-0.15, -0.1) is 0 Å². The number of nitrogens with one attached hydrogen (secondary N) is 1. The van der Waals surface area contributed by atoms with Gasteiger partial charge in [0.25, 0.3) is 0 Å². The zero-order chi connectivity index (χ0) is 10.7. The molecular weight excluding hydrogens is 255 g/mol. The van der Waals surface area contributed by atoms with Crippen LogP contribution < -0.4 is 5.32 Å². The fraction of sp³-hybridized carbons (Fsp3) is 0.250. The lowest BCUT2D eigenvalue weighted by atomic mass is 10.2. The maximum absolute atomic E-state index is 13.2. The third kappa shape index (κ3) is 2.66. The SMILES string of the molecule is CC(NC(=O)O)c1ncc(Br)cc1F. The lowest BCUT2D eigenvalue weighted by molar-refractivity contribution is 0.190. The van der Waals surface area contributed by atoms with E-state index in [-0.39, 0.29) is 5.69 Å². The van der Waals surface area contributed by atoms with Gasteiger partial charge in [-0.2, -0.15) is 0 Å². The van der Waals surface area contributed by atoms with Crippen molar-refractivity contribution in [2.45, 2.75) is 13.0 Å². The van der Waals surface area contributed by atoms with Crippen molar-refractivity contribution in [3.8, 4) is 0 Å². The third-order valence-corrected chi connectivity index (χ3v) is 2.02. The minimum Gasteiger partial charge on any atom is -0.465 e. The van der Waals surface area contributed by atoms with E-state index in [4.69, 9.17) is 5.11 Å². The zero-order valence-electron chi connectivity index (χ0n) is 7.29. The minimum absolute atomic E-state index is 0.0793. The van der Waals surface area contributed by atoms with Gasteiger partial charge in [-0.25, -0.2) is 9.18 Å². The van der Waals surface area contributed by atoms with Crippen molar-refractivity contribution >= 4 is 22.0 Å². The molecule has 1 aromatic rings. The number of carbonyl (C=O) groups is 1. The molecule has 0 aromatic carbocycles. The summed E-state index contributed by atoms with van der Waals surface area (Å²) in [6.07, 6.45) is 0.208. The van der Waals surface area contributed by atoms with E-state index in [1.165, 1.54) is 19.2 Å². The number of aromatic nitrogens is 1. The predicted octanol–water partition coefficient (Wildman–Crippen LogP) is 2.31. The molecule has 0 bridgehead atoms. The highest BCUT2D eigenvalue weighted by molar-refractivity contribution is 9.10. The monoisotopic (exact) mass is 262 g/mol. The molecule has 14 heavy (non-hydrogen) atoms. The second kappa shape index (κ2) is 4.36. The van der Waals surface area contributed by atoms with Crippen LogP contribution in [0.1, 0.15) is 18.7 Å². The Morgan fingerprint density at radius 1 is 1.79 bits per heavy atom. The van der Waals surface area contributed by atoms with Gasteiger partial charge in [-0.05, 0) is 28.9 Å². The molecule has 0 saturated heterocycles. The molecule has 1 unspecified atom stereocenters. The molecule has 6 heteroatoms. The molecule has 1 amide bonds. The standard InChI is InChI=1S/C8H8BrFN2O2/c1-4(12-8(13)14)7-6(10)2-5(9)3-11-7/h2-4,12H,1H3,(H,13,14). The molecule has 0 fully saturated rings. The van der Waals surface area contributed by atoms with Crippen molar-refractivity contribution in [3.63, 3.8) is 0 Å². The van der Waals surface area contributed by atoms with Crippen LogP contribution in [-0.4, -0.2) is 16.2 Å². The number of carboxylic acid groups (broad SMARTS) is 1. The van der Waals surface area contributed by atoms with Gasteiger partial charge in [-0.3, -0.25) is 4.98 Å². The van der Waals surface area contributed by atoms with Gasteiger partial charge >= 0.3 is 6.09 Å². The first-order valence-electron chi connectivity index (χ1n) is 3.81. The van der Waals surface area contributed by atoms with Crippen molar-refractivity contribution in [1.82, 2.24) is 10.3 Å².